The molecule has 1 aromatic rings. The molecule has 5 heteroatoms. The first-order valence-electron chi connectivity index (χ1n) is 5.62. The summed E-state index contributed by atoms with van der Waals surface area (Å²) in [6.07, 6.45) is 0. The highest BCUT2D eigenvalue weighted by Gasteiger charge is 2.16. The van der Waals surface area contributed by atoms with Crippen LogP contribution in [0.25, 0.3) is 0 Å². The monoisotopic (exact) mass is 238 g/mol. The predicted octanol–water partition coefficient (Wildman–Crippen LogP) is 0.560. The van der Waals surface area contributed by atoms with E-state index in [2.05, 4.69) is 0 Å². The zero-order valence-corrected chi connectivity index (χ0v) is 10.5. The van der Waals surface area contributed by atoms with Crippen LogP contribution in [0.5, 0.6) is 5.75 Å². The lowest BCUT2D eigenvalue weighted by molar-refractivity contribution is -0.0162. The molecular weight excluding hydrogens is 219 g/mol. The molecule has 1 aromatic carbocycles. The summed E-state index contributed by atoms with van der Waals surface area (Å²) in [7, 11) is -1.52. The SMILES string of the molecule is CC(C)(C)OCCOc1ccccc1B(O)O. The van der Waals surface area contributed by atoms with E-state index >= 15 is 0 Å². The second-order valence-corrected chi connectivity index (χ2v) is 4.72. The van der Waals surface area contributed by atoms with Gasteiger partial charge in [0.25, 0.3) is 0 Å². The molecule has 0 saturated carbocycles. The van der Waals surface area contributed by atoms with E-state index in [1.54, 1.807) is 24.3 Å². The van der Waals surface area contributed by atoms with Crippen molar-refractivity contribution in [3.05, 3.63) is 24.3 Å². The Morgan fingerprint density at radius 3 is 2.35 bits per heavy atom. The van der Waals surface area contributed by atoms with Crippen molar-refractivity contribution in [2.45, 2.75) is 26.4 Å². The molecule has 0 heterocycles. The van der Waals surface area contributed by atoms with Gasteiger partial charge in [0.2, 0.25) is 0 Å². The van der Waals surface area contributed by atoms with E-state index in [4.69, 9.17) is 19.5 Å². The fourth-order valence-corrected chi connectivity index (χ4v) is 1.32. The van der Waals surface area contributed by atoms with Crippen LogP contribution >= 0.6 is 0 Å². The summed E-state index contributed by atoms with van der Waals surface area (Å²) in [5.74, 6) is 0.472. The third-order valence-corrected chi connectivity index (χ3v) is 2.07. The molecule has 0 aliphatic heterocycles. The molecule has 0 saturated heterocycles. The molecule has 0 aliphatic rings. The van der Waals surface area contributed by atoms with Gasteiger partial charge in [0.15, 0.2) is 0 Å². The van der Waals surface area contributed by atoms with Gasteiger partial charge in [0, 0.05) is 5.46 Å². The van der Waals surface area contributed by atoms with Crippen molar-refractivity contribution >= 4 is 12.6 Å². The summed E-state index contributed by atoms with van der Waals surface area (Å²) < 4.78 is 11.0. The van der Waals surface area contributed by atoms with Gasteiger partial charge in [-0.05, 0) is 26.8 Å². The molecule has 0 fully saturated rings. The van der Waals surface area contributed by atoms with Gasteiger partial charge in [-0.2, -0.15) is 0 Å². The van der Waals surface area contributed by atoms with E-state index in [1.807, 2.05) is 20.8 Å². The van der Waals surface area contributed by atoms with Crippen LogP contribution in [0, 0.1) is 0 Å². The Kier molecular flexibility index (Phi) is 4.99. The maximum Gasteiger partial charge on any atom is 0.492 e. The van der Waals surface area contributed by atoms with Crippen molar-refractivity contribution in [1.29, 1.82) is 0 Å². The van der Waals surface area contributed by atoms with E-state index in [9.17, 15) is 0 Å². The quantitative estimate of drug-likeness (QED) is 0.581. The average molecular weight is 238 g/mol. The summed E-state index contributed by atoms with van der Waals surface area (Å²) in [5.41, 5.74) is 0.169. The molecule has 0 aliphatic carbocycles. The minimum atomic E-state index is -1.52. The standard InChI is InChI=1S/C12H19BO4/c1-12(2,3)17-9-8-16-11-7-5-4-6-10(11)13(14)15/h4-7,14-15H,8-9H2,1-3H3. The molecule has 4 nitrogen and oxygen atoms in total. The van der Waals surface area contributed by atoms with Crippen LogP contribution in [0.2, 0.25) is 0 Å². The van der Waals surface area contributed by atoms with Crippen molar-refractivity contribution in [2.75, 3.05) is 13.2 Å². The van der Waals surface area contributed by atoms with Crippen LogP contribution < -0.4 is 10.2 Å². The van der Waals surface area contributed by atoms with Gasteiger partial charge < -0.3 is 19.5 Å². The number of rotatable bonds is 5. The van der Waals surface area contributed by atoms with Gasteiger partial charge in [-0.15, -0.1) is 0 Å². The highest BCUT2D eigenvalue weighted by molar-refractivity contribution is 6.59. The van der Waals surface area contributed by atoms with E-state index in [0.717, 1.165) is 0 Å². The van der Waals surface area contributed by atoms with Crippen molar-refractivity contribution in [1.82, 2.24) is 0 Å². The van der Waals surface area contributed by atoms with Crippen molar-refractivity contribution < 1.29 is 19.5 Å². The van der Waals surface area contributed by atoms with Crippen LogP contribution in [0.1, 0.15) is 20.8 Å². The van der Waals surface area contributed by atoms with Crippen LogP contribution in [-0.4, -0.2) is 36.0 Å². The summed E-state index contributed by atoms with van der Waals surface area (Å²) in [5, 5.41) is 18.3. The number of ether oxygens (including phenoxy) is 2. The lowest BCUT2D eigenvalue weighted by Gasteiger charge is -2.20. The first kappa shape index (κ1) is 14.0. The first-order chi connectivity index (χ1) is 7.90. The minimum absolute atomic E-state index is 0.195. The van der Waals surface area contributed by atoms with E-state index in [0.29, 0.717) is 24.4 Å². The molecule has 0 aromatic heterocycles. The Labute approximate surface area is 102 Å². The van der Waals surface area contributed by atoms with Crippen molar-refractivity contribution in [2.24, 2.45) is 0 Å². The zero-order chi connectivity index (χ0) is 12.9. The molecule has 2 N–H and O–H groups in total. The Morgan fingerprint density at radius 1 is 1.12 bits per heavy atom. The average Bonchev–Trinajstić information content (AvgIpc) is 2.23. The van der Waals surface area contributed by atoms with Gasteiger partial charge in [-0.1, -0.05) is 18.2 Å². The predicted molar refractivity (Wildman–Crippen MR) is 67.5 cm³/mol. The smallest absolute Gasteiger partial charge is 0.492 e. The van der Waals surface area contributed by atoms with Crippen LogP contribution in [0.3, 0.4) is 0 Å². The van der Waals surface area contributed by atoms with Gasteiger partial charge in [0.1, 0.15) is 12.4 Å². The number of hydrogen-bond acceptors (Lipinski definition) is 4. The van der Waals surface area contributed by atoms with Gasteiger partial charge in [-0.3, -0.25) is 0 Å². The number of para-hydroxylation sites is 1. The molecular formula is C12H19BO4. The molecule has 94 valence electrons. The molecule has 0 unspecified atom stereocenters. The maximum absolute atomic E-state index is 9.13. The topological polar surface area (TPSA) is 58.9 Å². The molecule has 0 radical (unpaired) electrons. The van der Waals surface area contributed by atoms with Gasteiger partial charge >= 0.3 is 7.12 Å². The summed E-state index contributed by atoms with van der Waals surface area (Å²) in [6, 6.07) is 6.83. The second kappa shape index (κ2) is 6.05. The summed E-state index contributed by atoms with van der Waals surface area (Å²) in [6.45, 7) is 6.75. The Hall–Kier alpha value is -1.04. The van der Waals surface area contributed by atoms with Crippen LogP contribution in [-0.2, 0) is 4.74 Å². The normalized spacial score (nSPS) is 11.4. The highest BCUT2D eigenvalue weighted by Crippen LogP contribution is 2.09. The Bertz CT molecular complexity index is 347. The van der Waals surface area contributed by atoms with Gasteiger partial charge in [-0.25, -0.2) is 0 Å². The van der Waals surface area contributed by atoms with Crippen LogP contribution in [0.4, 0.5) is 0 Å². The fourth-order valence-electron chi connectivity index (χ4n) is 1.32. The minimum Gasteiger partial charge on any atom is -0.492 e. The largest absolute Gasteiger partial charge is 0.492 e. The van der Waals surface area contributed by atoms with Gasteiger partial charge in [0.05, 0.1) is 12.2 Å². The van der Waals surface area contributed by atoms with E-state index in [-0.39, 0.29) is 5.60 Å². The van der Waals surface area contributed by atoms with E-state index < -0.39 is 7.12 Å². The Morgan fingerprint density at radius 2 is 1.76 bits per heavy atom. The highest BCUT2D eigenvalue weighted by atomic mass is 16.5. The molecule has 0 bridgehead atoms. The Balaban J connectivity index is 2.47. The zero-order valence-electron chi connectivity index (χ0n) is 10.5. The van der Waals surface area contributed by atoms with Crippen molar-refractivity contribution in [3.8, 4) is 5.75 Å². The van der Waals surface area contributed by atoms with E-state index in [1.165, 1.54) is 0 Å². The fraction of sp³-hybridized carbons (Fsp3) is 0.500. The third kappa shape index (κ3) is 5.21. The molecule has 17 heavy (non-hydrogen) atoms. The number of hydrogen-bond donors (Lipinski definition) is 2. The molecule has 0 atom stereocenters. The summed E-state index contributed by atoms with van der Waals surface area (Å²) >= 11 is 0. The number of benzene rings is 1. The molecule has 0 spiro atoms. The maximum atomic E-state index is 9.13. The lowest BCUT2D eigenvalue weighted by atomic mass is 9.79. The summed E-state index contributed by atoms with van der Waals surface area (Å²) in [4.78, 5) is 0. The second-order valence-electron chi connectivity index (χ2n) is 4.72. The third-order valence-electron chi connectivity index (χ3n) is 2.07. The van der Waals surface area contributed by atoms with Crippen LogP contribution in [0.15, 0.2) is 24.3 Å². The lowest BCUT2D eigenvalue weighted by Crippen LogP contribution is -2.32. The first-order valence-corrected chi connectivity index (χ1v) is 5.62. The molecule has 1 rings (SSSR count). The molecule has 0 amide bonds. The van der Waals surface area contributed by atoms with Crippen molar-refractivity contribution in [3.63, 3.8) is 0 Å².